The van der Waals surface area contributed by atoms with E-state index in [4.69, 9.17) is 5.11 Å². The third kappa shape index (κ3) is 9.33. The van der Waals surface area contributed by atoms with E-state index in [-0.39, 0.29) is 18.7 Å². The molecule has 3 aliphatic rings. The van der Waals surface area contributed by atoms with E-state index >= 15 is 0 Å². The summed E-state index contributed by atoms with van der Waals surface area (Å²) in [5, 5.41) is 14.8. The van der Waals surface area contributed by atoms with Crippen molar-refractivity contribution in [3.05, 3.63) is 94.4 Å². The quantitative estimate of drug-likeness (QED) is 0.0523. The maximum atomic E-state index is 14.5. The molecule has 5 rings (SSSR count). The van der Waals surface area contributed by atoms with Gasteiger partial charge in [0, 0.05) is 59.6 Å². The maximum absolute atomic E-state index is 14.5. The van der Waals surface area contributed by atoms with Gasteiger partial charge in [0.05, 0.1) is 44.4 Å². The van der Waals surface area contributed by atoms with Crippen molar-refractivity contribution in [3.63, 3.8) is 0 Å². The van der Waals surface area contributed by atoms with Crippen LogP contribution in [0.1, 0.15) is 77.3 Å². The first-order chi connectivity index (χ1) is 26.1. The molecule has 12 nitrogen and oxygen atoms in total. The number of ketones is 1. The zero-order valence-corrected chi connectivity index (χ0v) is 34.9. The van der Waals surface area contributed by atoms with E-state index in [0.29, 0.717) is 36.1 Å². The van der Waals surface area contributed by atoms with Gasteiger partial charge < -0.3 is 25.1 Å². The Bertz CT molecular complexity index is 2120. The number of carbonyl (C=O) groups is 3. The van der Waals surface area contributed by atoms with Crippen LogP contribution in [0.4, 0.5) is 11.4 Å². The van der Waals surface area contributed by atoms with E-state index in [1.54, 1.807) is 0 Å². The highest BCUT2D eigenvalue weighted by Gasteiger charge is 2.47. The third-order valence-corrected chi connectivity index (χ3v) is 11.9. The number of aliphatic carboxylic acids is 1. The highest BCUT2D eigenvalue weighted by atomic mass is 32.2. The normalized spacial score (nSPS) is 19.3. The van der Waals surface area contributed by atoms with Gasteiger partial charge in [-0.15, -0.1) is 0 Å². The first kappa shape index (κ1) is 42.6. The topological polar surface area (TPSA) is 156 Å². The van der Waals surface area contributed by atoms with Crippen LogP contribution in [0.5, 0.6) is 0 Å². The summed E-state index contributed by atoms with van der Waals surface area (Å²) in [5.41, 5.74) is 6.09. The van der Waals surface area contributed by atoms with E-state index in [9.17, 15) is 27.4 Å². The number of benzene rings is 2. The fourth-order valence-corrected chi connectivity index (χ4v) is 8.75. The average Bonchev–Trinajstić information content (AvgIpc) is 3.44. The molecule has 4 N–H and O–H groups in total. The highest BCUT2D eigenvalue weighted by Crippen LogP contribution is 2.49. The van der Waals surface area contributed by atoms with Gasteiger partial charge in [-0.1, -0.05) is 56.7 Å². The molecule has 0 bridgehead atoms. The van der Waals surface area contributed by atoms with Gasteiger partial charge >= 0.3 is 5.97 Å². The molecule has 1 atom stereocenters. The molecule has 0 fully saturated rings. The van der Waals surface area contributed by atoms with Gasteiger partial charge in [0.15, 0.2) is 11.5 Å². The number of fused-ring (bicyclic) bond motifs is 2. The molecule has 302 valence electrons. The molecule has 2 aliphatic heterocycles. The van der Waals surface area contributed by atoms with E-state index in [0.717, 1.165) is 64.3 Å². The summed E-state index contributed by atoms with van der Waals surface area (Å²) in [7, 11) is 3.82. The minimum atomic E-state index is -4.64. The average molecular weight is 790 g/mol. The van der Waals surface area contributed by atoms with Crippen molar-refractivity contribution in [1.82, 2.24) is 10.6 Å². The van der Waals surface area contributed by atoms with Crippen LogP contribution in [0.2, 0.25) is 0 Å². The Labute approximate surface area is 332 Å². The number of quaternary nitrogens is 1. The zero-order chi connectivity index (χ0) is 41.2. The summed E-state index contributed by atoms with van der Waals surface area (Å²) in [4.78, 5) is 41.3. The first-order valence-electron chi connectivity index (χ1n) is 19.5. The molecule has 1 aliphatic carbocycles. The number of anilines is 1. The van der Waals surface area contributed by atoms with Crippen LogP contribution in [-0.2, 0) is 35.3 Å². The van der Waals surface area contributed by atoms with Gasteiger partial charge in [-0.2, -0.15) is 13.0 Å². The predicted octanol–water partition coefficient (Wildman–Crippen LogP) is 5.23. The van der Waals surface area contributed by atoms with Crippen molar-refractivity contribution in [2.24, 2.45) is 0 Å². The van der Waals surface area contributed by atoms with Gasteiger partial charge in [0.25, 0.3) is 10.1 Å². The van der Waals surface area contributed by atoms with E-state index in [2.05, 4.69) is 82.6 Å². The molecule has 0 spiro atoms. The lowest BCUT2D eigenvalue weighted by Gasteiger charge is -2.32. The maximum Gasteiger partial charge on any atom is 0.303 e. The van der Waals surface area contributed by atoms with Crippen molar-refractivity contribution in [3.8, 4) is 0 Å². The third-order valence-electron chi connectivity index (χ3n) is 11.2. The number of rotatable bonds is 18. The van der Waals surface area contributed by atoms with Crippen LogP contribution in [0.25, 0.3) is 0 Å². The molecule has 2 aromatic carbocycles. The van der Waals surface area contributed by atoms with Gasteiger partial charge in [-0.05, 0) is 57.2 Å². The summed E-state index contributed by atoms with van der Waals surface area (Å²) in [6, 6.07) is 14.8. The van der Waals surface area contributed by atoms with Gasteiger partial charge in [0.2, 0.25) is 11.6 Å². The Morgan fingerprint density at radius 3 is 2.21 bits per heavy atom. The molecule has 0 aromatic heterocycles. The fraction of sp³-hybridized carbons (Fsp3) is 0.488. The van der Waals surface area contributed by atoms with Crippen molar-refractivity contribution in [2.75, 3.05) is 58.5 Å². The number of para-hydroxylation sites is 2. The molecule has 1 unspecified atom stereocenters. The second kappa shape index (κ2) is 16.5. The zero-order valence-electron chi connectivity index (χ0n) is 34.1. The molecule has 0 radical (unpaired) electrons. The molecule has 0 saturated carbocycles. The first-order valence-corrected chi connectivity index (χ1v) is 21.1. The van der Waals surface area contributed by atoms with Crippen molar-refractivity contribution in [2.45, 2.75) is 83.1 Å². The summed E-state index contributed by atoms with van der Waals surface area (Å²) >= 11 is 0. The summed E-state index contributed by atoms with van der Waals surface area (Å²) in [5.74, 6) is -2.72. The Balaban J connectivity index is 1.58. The Morgan fingerprint density at radius 1 is 0.911 bits per heavy atom. The minimum absolute atomic E-state index is 0.0160. The number of unbranched alkanes of at least 4 members (excludes halogenated alkanes) is 3. The van der Waals surface area contributed by atoms with Crippen LogP contribution in [0.15, 0.2) is 83.2 Å². The number of hydrogen-bond donors (Lipinski definition) is 4. The lowest BCUT2D eigenvalue weighted by Crippen LogP contribution is -2.50. The highest BCUT2D eigenvalue weighted by molar-refractivity contribution is 7.85. The SMILES string of the molecule is C[N+]1=C(/C=C2\C(=O)C(/C=C3/N(CCCC[N+](C)(C)C)c4ccccc4C3(C)C)=C2NC(CS(=O)(=O)O)C(=O)NCCCCCC(=O)O)C(C)(C)c2ccccc21. The number of nitrogens with zero attached hydrogens (tertiary/aromatic N) is 3. The fourth-order valence-electron chi connectivity index (χ4n) is 8.10. The van der Waals surface area contributed by atoms with Gasteiger partial charge in [0.1, 0.15) is 18.8 Å². The van der Waals surface area contributed by atoms with Crippen LogP contribution in [0, 0.1) is 0 Å². The lowest BCUT2D eigenvalue weighted by atomic mass is 9.77. The number of hydrogen-bond acceptors (Lipinski definition) is 7. The predicted molar refractivity (Wildman–Crippen MR) is 220 cm³/mol. The molecular formula is C43H59N5O7S+2. The van der Waals surface area contributed by atoms with Crippen molar-refractivity contribution < 1.29 is 41.5 Å². The van der Waals surface area contributed by atoms with Crippen molar-refractivity contribution >= 4 is 44.9 Å². The molecule has 13 heteroatoms. The van der Waals surface area contributed by atoms with Crippen LogP contribution >= 0.6 is 0 Å². The molecule has 2 aromatic rings. The number of carboxylic acid groups (broad SMARTS) is 1. The van der Waals surface area contributed by atoms with E-state index < -0.39 is 44.6 Å². The molecule has 0 saturated heterocycles. The van der Waals surface area contributed by atoms with Gasteiger partial charge in [-0.3, -0.25) is 18.9 Å². The second-order valence-electron chi connectivity index (χ2n) is 17.2. The monoisotopic (exact) mass is 789 g/mol. The smallest absolute Gasteiger partial charge is 0.303 e. The lowest BCUT2D eigenvalue weighted by molar-refractivity contribution is -0.870. The summed E-state index contributed by atoms with van der Waals surface area (Å²) < 4.78 is 37.6. The van der Waals surface area contributed by atoms with Crippen molar-refractivity contribution in [1.29, 1.82) is 0 Å². The Hall–Kier alpha value is -4.59. The van der Waals surface area contributed by atoms with E-state index in [1.807, 2.05) is 54.1 Å². The van der Waals surface area contributed by atoms with Crippen LogP contribution in [-0.4, -0.2) is 110 Å². The second-order valence-corrected chi connectivity index (χ2v) is 18.7. The van der Waals surface area contributed by atoms with Gasteiger partial charge in [-0.25, -0.2) is 0 Å². The number of amides is 1. The molecular weight excluding hydrogens is 731 g/mol. The molecule has 2 heterocycles. The summed E-state index contributed by atoms with van der Waals surface area (Å²) in [6.07, 6.45) is 7.15. The van der Waals surface area contributed by atoms with Crippen LogP contribution in [0.3, 0.4) is 0 Å². The number of carboxylic acids is 1. The largest absolute Gasteiger partial charge is 0.481 e. The number of carbonyl (C=O) groups excluding carboxylic acids is 2. The minimum Gasteiger partial charge on any atom is -0.481 e. The molecule has 56 heavy (non-hydrogen) atoms. The molecule has 1 amide bonds. The van der Waals surface area contributed by atoms with Crippen LogP contribution < -0.4 is 15.5 Å². The number of nitrogens with one attached hydrogen (secondary N) is 2. The van der Waals surface area contributed by atoms with E-state index in [1.165, 1.54) is 0 Å². The Kier molecular flexibility index (Phi) is 12.5. The Morgan fingerprint density at radius 2 is 1.57 bits per heavy atom. The number of allylic oxidation sites excluding steroid dienone is 5. The number of Topliss-reactive ketones (excluding diaryl/α,β-unsaturated/α-hetero) is 1. The standard InChI is InChI=1S/C43H57N5O7S/c1-42(2)31-18-11-13-20-34(31)46(5)36(42)26-29-39(45-33(28-56(53,54)55)41(52)44-23-15-9-10-22-38(49)50)30(40(29)51)27-37-43(3,4)32-19-12-14-21-35(32)47(37)24-16-17-25-48(6,7)8/h11-14,18-21,26-27,33H,9-10,15-17,22-25,28H2,1-8H3,(H2-2,44,45,49,50,51,52,53,54,55)/p+2. The summed E-state index contributed by atoms with van der Waals surface area (Å²) in [6.45, 7) is 10.4.